The molecule has 0 radical (unpaired) electrons. The van der Waals surface area contributed by atoms with Gasteiger partial charge >= 0.3 is 0 Å². The van der Waals surface area contributed by atoms with Gasteiger partial charge in [-0.25, -0.2) is 4.39 Å². The highest BCUT2D eigenvalue weighted by Crippen LogP contribution is 2.18. The molecule has 1 amide bonds. The van der Waals surface area contributed by atoms with Crippen LogP contribution in [0.4, 0.5) is 10.1 Å². The van der Waals surface area contributed by atoms with Crippen LogP contribution in [0.15, 0.2) is 18.2 Å². The quantitative estimate of drug-likeness (QED) is 0.794. The van der Waals surface area contributed by atoms with Gasteiger partial charge in [0.1, 0.15) is 5.82 Å². The number of nitrogens with two attached hydrogens (primary N) is 1. The van der Waals surface area contributed by atoms with Crippen LogP contribution >= 0.6 is 11.8 Å². The molecule has 0 saturated carbocycles. The van der Waals surface area contributed by atoms with Crippen LogP contribution < -0.4 is 11.1 Å². The molecule has 1 aromatic rings. The molecule has 0 unspecified atom stereocenters. The Morgan fingerprint density at radius 1 is 1.41 bits per heavy atom. The Bertz CT molecular complexity index is 419. The van der Waals surface area contributed by atoms with Gasteiger partial charge in [0.25, 0.3) is 5.91 Å². The molecule has 1 fully saturated rings. The number of halogens is 1. The number of carbonyl (C=O) groups excluding carboxylic acids is 1. The zero-order valence-corrected chi connectivity index (χ0v) is 10.2. The molecule has 92 valence electrons. The van der Waals surface area contributed by atoms with Crippen LogP contribution in [0.1, 0.15) is 23.2 Å². The lowest BCUT2D eigenvalue weighted by Crippen LogP contribution is -2.37. The third kappa shape index (κ3) is 3.12. The molecule has 1 aromatic carbocycles. The van der Waals surface area contributed by atoms with Crippen LogP contribution in [0, 0.1) is 5.82 Å². The number of thioether (sulfide) groups is 1. The number of benzene rings is 1. The molecule has 2 rings (SSSR count). The number of rotatable bonds is 2. The van der Waals surface area contributed by atoms with E-state index < -0.39 is 5.82 Å². The summed E-state index contributed by atoms with van der Waals surface area (Å²) in [4.78, 5) is 11.9. The minimum absolute atomic E-state index is 0.186. The summed E-state index contributed by atoms with van der Waals surface area (Å²) >= 11 is 1.89. The summed E-state index contributed by atoms with van der Waals surface area (Å²) in [7, 11) is 0. The maximum absolute atomic E-state index is 13.0. The van der Waals surface area contributed by atoms with Crippen molar-refractivity contribution in [2.45, 2.75) is 18.9 Å². The maximum atomic E-state index is 13.0. The molecule has 0 spiro atoms. The van der Waals surface area contributed by atoms with Crippen molar-refractivity contribution in [2.75, 3.05) is 17.2 Å². The predicted octanol–water partition coefficient (Wildman–Crippen LogP) is 2.03. The first-order valence-electron chi connectivity index (χ1n) is 5.60. The Morgan fingerprint density at radius 3 is 2.82 bits per heavy atom. The highest BCUT2D eigenvalue weighted by atomic mass is 32.2. The molecule has 5 heteroatoms. The van der Waals surface area contributed by atoms with Crippen LogP contribution in [-0.4, -0.2) is 23.5 Å². The van der Waals surface area contributed by atoms with Gasteiger partial charge in [0, 0.05) is 11.7 Å². The Labute approximate surface area is 104 Å². The number of anilines is 1. The Hall–Kier alpha value is -1.23. The van der Waals surface area contributed by atoms with Crippen LogP contribution in [0.3, 0.4) is 0 Å². The number of amides is 1. The van der Waals surface area contributed by atoms with Gasteiger partial charge < -0.3 is 11.1 Å². The summed E-state index contributed by atoms with van der Waals surface area (Å²) in [5.41, 5.74) is 6.20. The molecule has 1 saturated heterocycles. The molecule has 0 aliphatic carbocycles. The van der Waals surface area contributed by atoms with Crippen molar-refractivity contribution >= 4 is 23.4 Å². The molecule has 1 heterocycles. The maximum Gasteiger partial charge on any atom is 0.253 e. The first-order valence-corrected chi connectivity index (χ1v) is 6.76. The van der Waals surface area contributed by atoms with Crippen molar-refractivity contribution in [3.63, 3.8) is 0 Å². The van der Waals surface area contributed by atoms with Crippen molar-refractivity contribution in [3.05, 3.63) is 29.6 Å². The van der Waals surface area contributed by atoms with E-state index in [1.54, 1.807) is 0 Å². The molecule has 0 bridgehead atoms. The molecule has 1 aliphatic rings. The molecule has 0 atom stereocenters. The molecule has 17 heavy (non-hydrogen) atoms. The van der Waals surface area contributed by atoms with Crippen molar-refractivity contribution in [2.24, 2.45) is 0 Å². The molecular weight excluding hydrogens is 239 g/mol. The van der Waals surface area contributed by atoms with Crippen LogP contribution in [0.5, 0.6) is 0 Å². The number of carbonyl (C=O) groups is 1. The van der Waals surface area contributed by atoms with E-state index in [0.29, 0.717) is 5.69 Å². The fraction of sp³-hybridized carbons (Fsp3) is 0.417. The fourth-order valence-electron chi connectivity index (χ4n) is 1.83. The van der Waals surface area contributed by atoms with Gasteiger partial charge in [-0.15, -0.1) is 0 Å². The van der Waals surface area contributed by atoms with Crippen molar-refractivity contribution in [1.29, 1.82) is 0 Å². The lowest BCUT2D eigenvalue weighted by molar-refractivity contribution is 0.0935. The van der Waals surface area contributed by atoms with Crippen LogP contribution in [0.2, 0.25) is 0 Å². The molecule has 1 aliphatic heterocycles. The van der Waals surface area contributed by atoms with E-state index in [1.807, 2.05) is 11.8 Å². The lowest BCUT2D eigenvalue weighted by atomic mass is 10.1. The summed E-state index contributed by atoms with van der Waals surface area (Å²) < 4.78 is 13.0. The highest BCUT2D eigenvalue weighted by Gasteiger charge is 2.18. The van der Waals surface area contributed by atoms with E-state index in [-0.39, 0.29) is 17.5 Å². The SMILES string of the molecule is Nc1ccc(F)cc1C(=O)NC1CCSCC1. The number of nitrogen functional groups attached to an aromatic ring is 1. The first-order chi connectivity index (χ1) is 8.16. The van der Waals surface area contributed by atoms with Gasteiger partial charge in [-0.3, -0.25) is 4.79 Å². The third-order valence-corrected chi connectivity index (χ3v) is 3.87. The predicted molar refractivity (Wildman–Crippen MR) is 68.6 cm³/mol. The van der Waals surface area contributed by atoms with Gasteiger partial charge in [0.05, 0.1) is 5.56 Å². The van der Waals surface area contributed by atoms with Crippen LogP contribution in [-0.2, 0) is 0 Å². The second-order valence-electron chi connectivity index (χ2n) is 4.09. The normalized spacial score (nSPS) is 16.8. The van der Waals surface area contributed by atoms with Crippen molar-refractivity contribution < 1.29 is 9.18 Å². The highest BCUT2D eigenvalue weighted by molar-refractivity contribution is 7.99. The number of nitrogens with one attached hydrogen (secondary N) is 1. The molecule has 0 aromatic heterocycles. The number of hydrogen-bond acceptors (Lipinski definition) is 3. The van der Waals surface area contributed by atoms with E-state index in [1.165, 1.54) is 18.2 Å². The van der Waals surface area contributed by atoms with Gasteiger partial charge in [-0.05, 0) is 42.5 Å². The van der Waals surface area contributed by atoms with Gasteiger partial charge in [-0.1, -0.05) is 0 Å². The monoisotopic (exact) mass is 254 g/mol. The smallest absolute Gasteiger partial charge is 0.253 e. The van der Waals surface area contributed by atoms with Crippen LogP contribution in [0.25, 0.3) is 0 Å². The summed E-state index contributed by atoms with van der Waals surface area (Å²) in [6, 6.07) is 4.04. The summed E-state index contributed by atoms with van der Waals surface area (Å²) in [6.07, 6.45) is 1.93. The Morgan fingerprint density at radius 2 is 2.12 bits per heavy atom. The van der Waals surface area contributed by atoms with E-state index in [0.717, 1.165) is 24.3 Å². The van der Waals surface area contributed by atoms with Gasteiger partial charge in [0.15, 0.2) is 0 Å². The van der Waals surface area contributed by atoms with Crippen molar-refractivity contribution in [3.8, 4) is 0 Å². The average molecular weight is 254 g/mol. The summed E-state index contributed by atoms with van der Waals surface area (Å²) in [5.74, 6) is 1.40. The lowest BCUT2D eigenvalue weighted by Gasteiger charge is -2.22. The summed E-state index contributed by atoms with van der Waals surface area (Å²) in [5, 5.41) is 2.90. The van der Waals surface area contributed by atoms with E-state index >= 15 is 0 Å². The minimum atomic E-state index is -0.441. The average Bonchev–Trinajstić information content (AvgIpc) is 2.33. The van der Waals surface area contributed by atoms with Gasteiger partial charge in [-0.2, -0.15) is 11.8 Å². The second kappa shape index (κ2) is 5.40. The Kier molecular flexibility index (Phi) is 3.89. The molecule has 3 N–H and O–H groups in total. The zero-order valence-electron chi connectivity index (χ0n) is 9.41. The summed E-state index contributed by atoms with van der Waals surface area (Å²) in [6.45, 7) is 0. The first kappa shape index (κ1) is 12.2. The second-order valence-corrected chi connectivity index (χ2v) is 5.32. The Balaban J connectivity index is 2.05. The third-order valence-electron chi connectivity index (χ3n) is 2.82. The largest absolute Gasteiger partial charge is 0.398 e. The fourth-order valence-corrected chi connectivity index (χ4v) is 2.94. The molecule has 3 nitrogen and oxygen atoms in total. The van der Waals surface area contributed by atoms with E-state index in [2.05, 4.69) is 5.32 Å². The molecular formula is C12H15FN2OS. The zero-order chi connectivity index (χ0) is 12.3. The van der Waals surface area contributed by atoms with E-state index in [4.69, 9.17) is 5.73 Å². The minimum Gasteiger partial charge on any atom is -0.398 e. The number of hydrogen-bond donors (Lipinski definition) is 2. The van der Waals surface area contributed by atoms with E-state index in [9.17, 15) is 9.18 Å². The standard InChI is InChI=1S/C12H15FN2OS/c13-8-1-2-11(14)10(7-8)12(16)15-9-3-5-17-6-4-9/h1-2,7,9H,3-6,14H2,(H,15,16). The van der Waals surface area contributed by atoms with Crippen molar-refractivity contribution in [1.82, 2.24) is 5.32 Å². The van der Waals surface area contributed by atoms with Gasteiger partial charge in [0.2, 0.25) is 0 Å². The topological polar surface area (TPSA) is 55.1 Å².